The van der Waals surface area contributed by atoms with Gasteiger partial charge < -0.3 is 9.97 Å². The van der Waals surface area contributed by atoms with Crippen LogP contribution in [-0.4, -0.2) is 22.8 Å². The van der Waals surface area contributed by atoms with Crippen molar-refractivity contribution < 1.29 is 0 Å². The molecule has 0 aliphatic rings. The third kappa shape index (κ3) is 3.17. The minimum Gasteiger partial charge on any atom is -0.360 e. The quantitative estimate of drug-likeness (QED) is 0.439. The molecule has 29 heavy (non-hydrogen) atoms. The Kier molecular flexibility index (Phi) is 4.13. The number of imidazole rings is 1. The van der Waals surface area contributed by atoms with Gasteiger partial charge in [0, 0.05) is 33.8 Å². The minimum absolute atomic E-state index is 0.882. The lowest BCUT2D eigenvalue weighted by molar-refractivity contribution is 1.31. The first-order valence-corrected chi connectivity index (χ1v) is 9.91. The summed E-state index contributed by atoms with van der Waals surface area (Å²) < 4.78 is 0. The fraction of sp³-hybridized carbons (Fsp3) is 0.0800. The number of aromatic amines is 2. The summed E-state index contributed by atoms with van der Waals surface area (Å²) in [4.78, 5) is 12.0. The van der Waals surface area contributed by atoms with Crippen molar-refractivity contribution in [2.24, 2.45) is 0 Å². The zero-order chi connectivity index (χ0) is 20.0. The van der Waals surface area contributed by atoms with Crippen molar-refractivity contribution >= 4 is 24.2 Å². The van der Waals surface area contributed by atoms with Crippen LogP contribution in [0, 0.1) is 13.8 Å². The molecule has 140 valence electrons. The molecule has 5 aromatic rings. The lowest BCUT2D eigenvalue weighted by Gasteiger charge is -2.04. The van der Waals surface area contributed by atoms with Crippen molar-refractivity contribution in [2.45, 2.75) is 13.8 Å². The number of aryl methyl sites for hydroxylation is 2. The second-order valence-corrected chi connectivity index (χ2v) is 7.79. The number of nitrogens with one attached hydrogen (secondary N) is 2. The lowest BCUT2D eigenvalue weighted by Crippen LogP contribution is -1.99. The van der Waals surface area contributed by atoms with Crippen LogP contribution in [0.4, 0.5) is 0 Å². The summed E-state index contributed by atoms with van der Waals surface area (Å²) in [5.41, 5.74) is 10.2. The summed E-state index contributed by atoms with van der Waals surface area (Å²) in [6.07, 6.45) is 2.04. The average Bonchev–Trinajstić information content (AvgIpc) is 3.33. The molecule has 0 spiro atoms. The van der Waals surface area contributed by atoms with E-state index in [2.05, 4.69) is 98.4 Å². The molecule has 0 bridgehead atoms. The van der Waals surface area contributed by atoms with Crippen molar-refractivity contribution in [3.05, 3.63) is 84.1 Å². The predicted octanol–water partition coefficient (Wildman–Crippen LogP) is 4.77. The highest BCUT2D eigenvalue weighted by Crippen LogP contribution is 2.35. The number of aromatic nitrogens is 3. The van der Waals surface area contributed by atoms with Crippen LogP contribution in [0.2, 0.25) is 0 Å². The van der Waals surface area contributed by atoms with Gasteiger partial charge >= 0.3 is 0 Å². The van der Waals surface area contributed by atoms with E-state index in [1.54, 1.807) is 0 Å². The van der Waals surface area contributed by atoms with Gasteiger partial charge in [-0.1, -0.05) is 77.3 Å². The van der Waals surface area contributed by atoms with Crippen LogP contribution in [0.5, 0.6) is 0 Å². The highest BCUT2D eigenvalue weighted by atomic mass is 14.9. The largest absolute Gasteiger partial charge is 0.360 e. The molecule has 3 nitrogen and oxygen atoms in total. The molecule has 3 aromatic carbocycles. The van der Waals surface area contributed by atoms with E-state index in [4.69, 9.17) is 4.98 Å². The minimum atomic E-state index is 0.882. The summed E-state index contributed by atoms with van der Waals surface area (Å²) in [5.74, 6) is 0.882. The smallest absolute Gasteiger partial charge is 0.140 e. The molecule has 2 heterocycles. The molecule has 0 amide bonds. The second kappa shape index (κ2) is 6.82. The molecule has 0 aliphatic carbocycles. The normalized spacial score (nSPS) is 11.2. The number of fused-ring (bicyclic) bond motifs is 1. The van der Waals surface area contributed by atoms with Crippen molar-refractivity contribution in [3.8, 4) is 33.9 Å². The molecule has 0 fully saturated rings. The van der Waals surface area contributed by atoms with Crippen LogP contribution in [0.15, 0.2) is 72.9 Å². The summed E-state index contributed by atoms with van der Waals surface area (Å²) >= 11 is 0. The molecule has 4 heteroatoms. The molecule has 5 rings (SSSR count). The van der Waals surface area contributed by atoms with E-state index in [1.807, 2.05) is 6.20 Å². The molecule has 0 aliphatic heterocycles. The average molecular weight is 375 g/mol. The zero-order valence-corrected chi connectivity index (χ0v) is 16.9. The molecule has 0 saturated heterocycles. The van der Waals surface area contributed by atoms with Gasteiger partial charge in [-0.15, -0.1) is 0 Å². The monoisotopic (exact) mass is 375 g/mol. The topological polar surface area (TPSA) is 44.5 Å². The fourth-order valence-corrected chi connectivity index (χ4v) is 3.78. The number of benzene rings is 3. The van der Waals surface area contributed by atoms with E-state index in [-0.39, 0.29) is 0 Å². The Morgan fingerprint density at radius 2 is 1.45 bits per heavy atom. The summed E-state index contributed by atoms with van der Waals surface area (Å²) in [6, 6.07) is 23.6. The maximum Gasteiger partial charge on any atom is 0.140 e. The number of hydrogen-bond acceptors (Lipinski definition) is 1. The Hall–Kier alpha value is -3.53. The van der Waals surface area contributed by atoms with E-state index in [0.717, 1.165) is 39.4 Å². The van der Waals surface area contributed by atoms with Crippen LogP contribution in [0.3, 0.4) is 0 Å². The van der Waals surface area contributed by atoms with Crippen LogP contribution in [0.25, 0.3) is 44.8 Å². The highest BCUT2D eigenvalue weighted by molar-refractivity contribution is 6.33. The third-order valence-corrected chi connectivity index (χ3v) is 5.46. The lowest BCUT2D eigenvalue weighted by atomic mass is 9.94. The number of H-pyrrole nitrogens is 2. The standard InChI is InChI=1S/C25H22BN3/c1-15-3-7-17(8-4-15)23-24(18-9-5-16(2)6-10-18)29-25(28-23)21-14-27-22-12-11-19(26)13-20(21)22/h3-14,27H,26H2,1-2H3,(H,28,29). The number of nitrogens with zero attached hydrogens (tertiary/aromatic N) is 1. The molecule has 0 radical (unpaired) electrons. The van der Waals surface area contributed by atoms with Gasteiger partial charge in [-0.05, 0) is 19.9 Å². The van der Waals surface area contributed by atoms with Gasteiger partial charge in [0.05, 0.1) is 11.4 Å². The van der Waals surface area contributed by atoms with Crippen molar-refractivity contribution in [1.29, 1.82) is 0 Å². The Balaban J connectivity index is 1.73. The molecular formula is C25H22BN3. The van der Waals surface area contributed by atoms with Gasteiger partial charge in [-0.2, -0.15) is 0 Å². The van der Waals surface area contributed by atoms with Crippen LogP contribution in [0.1, 0.15) is 11.1 Å². The second-order valence-electron chi connectivity index (χ2n) is 7.79. The van der Waals surface area contributed by atoms with E-state index in [0.29, 0.717) is 0 Å². The zero-order valence-electron chi connectivity index (χ0n) is 16.9. The van der Waals surface area contributed by atoms with Crippen molar-refractivity contribution in [1.82, 2.24) is 15.0 Å². The Labute approximate surface area is 171 Å². The van der Waals surface area contributed by atoms with E-state index in [1.165, 1.54) is 22.0 Å². The van der Waals surface area contributed by atoms with Gasteiger partial charge in [0.15, 0.2) is 0 Å². The first-order valence-electron chi connectivity index (χ1n) is 9.91. The predicted molar refractivity (Wildman–Crippen MR) is 124 cm³/mol. The van der Waals surface area contributed by atoms with E-state index in [9.17, 15) is 0 Å². The Morgan fingerprint density at radius 3 is 2.14 bits per heavy atom. The first-order chi connectivity index (χ1) is 14.1. The Bertz CT molecular complexity index is 1250. The van der Waals surface area contributed by atoms with Crippen LogP contribution < -0.4 is 5.46 Å². The highest BCUT2D eigenvalue weighted by Gasteiger charge is 2.17. The van der Waals surface area contributed by atoms with Gasteiger partial charge in [0.2, 0.25) is 0 Å². The molecule has 0 unspecified atom stereocenters. The molecule has 2 N–H and O–H groups in total. The summed E-state index contributed by atoms with van der Waals surface area (Å²) in [7, 11) is 2.12. The fourth-order valence-electron chi connectivity index (χ4n) is 3.78. The maximum absolute atomic E-state index is 5.06. The first kappa shape index (κ1) is 17.6. The molecule has 0 saturated carbocycles. The summed E-state index contributed by atoms with van der Waals surface area (Å²) in [5, 5.41) is 1.18. The molecule has 0 atom stereocenters. The number of rotatable bonds is 3. The maximum atomic E-state index is 5.06. The SMILES string of the molecule is Bc1ccc2[nH]cc(-c3nc(-c4ccc(C)cc4)c(-c4ccc(C)cc4)[nH]3)c2c1. The number of hydrogen-bond donors (Lipinski definition) is 2. The van der Waals surface area contributed by atoms with Gasteiger partial charge in [0.25, 0.3) is 0 Å². The third-order valence-electron chi connectivity index (χ3n) is 5.46. The van der Waals surface area contributed by atoms with E-state index >= 15 is 0 Å². The van der Waals surface area contributed by atoms with E-state index < -0.39 is 0 Å². The van der Waals surface area contributed by atoms with Crippen molar-refractivity contribution in [3.63, 3.8) is 0 Å². The molecular weight excluding hydrogens is 353 g/mol. The van der Waals surface area contributed by atoms with Crippen LogP contribution >= 0.6 is 0 Å². The summed E-state index contributed by atoms with van der Waals surface area (Å²) in [6.45, 7) is 4.21. The van der Waals surface area contributed by atoms with Crippen LogP contribution in [-0.2, 0) is 0 Å². The van der Waals surface area contributed by atoms with Gasteiger partial charge in [-0.25, -0.2) is 4.98 Å². The van der Waals surface area contributed by atoms with Gasteiger partial charge in [0.1, 0.15) is 13.7 Å². The Morgan fingerprint density at radius 1 is 0.793 bits per heavy atom. The molecule has 2 aromatic heterocycles. The van der Waals surface area contributed by atoms with Crippen molar-refractivity contribution in [2.75, 3.05) is 0 Å². The van der Waals surface area contributed by atoms with Gasteiger partial charge in [-0.3, -0.25) is 0 Å².